The van der Waals surface area contributed by atoms with Crippen LogP contribution in [0, 0.1) is 5.92 Å². The first-order valence-corrected chi connectivity index (χ1v) is 6.41. The highest BCUT2D eigenvalue weighted by molar-refractivity contribution is 9.10. The summed E-state index contributed by atoms with van der Waals surface area (Å²) in [7, 11) is 0. The third kappa shape index (κ3) is 4.14. The van der Waals surface area contributed by atoms with Gasteiger partial charge in [0, 0.05) is 16.0 Å². The van der Waals surface area contributed by atoms with Crippen LogP contribution in [-0.4, -0.2) is 12.5 Å². The number of benzene rings is 1. The molecule has 1 N–H and O–H groups in total. The first kappa shape index (κ1) is 13.5. The summed E-state index contributed by atoms with van der Waals surface area (Å²) in [5, 5.41) is 3.44. The number of nitrogens with one attached hydrogen (secondary N) is 1. The van der Waals surface area contributed by atoms with E-state index in [9.17, 15) is 4.79 Å². The number of amides is 1. The Kier molecular flexibility index (Phi) is 5.29. The summed E-state index contributed by atoms with van der Waals surface area (Å²) in [6.07, 6.45) is 0.976. The van der Waals surface area contributed by atoms with Crippen molar-refractivity contribution in [2.75, 3.05) is 6.54 Å². The van der Waals surface area contributed by atoms with Crippen molar-refractivity contribution in [1.82, 2.24) is 5.32 Å². The molecule has 0 radical (unpaired) electrons. The Hall–Kier alpha value is -0.540. The normalized spacial score (nSPS) is 10.6. The molecule has 88 valence electrons. The Balaban J connectivity index is 2.62. The van der Waals surface area contributed by atoms with Crippen LogP contribution in [0.3, 0.4) is 0 Å². The molecule has 2 nitrogen and oxygen atoms in total. The van der Waals surface area contributed by atoms with Crippen molar-refractivity contribution >= 4 is 33.4 Å². The van der Waals surface area contributed by atoms with E-state index in [4.69, 9.17) is 11.6 Å². The van der Waals surface area contributed by atoms with Gasteiger partial charge in [-0.2, -0.15) is 0 Å². The average Bonchev–Trinajstić information content (AvgIpc) is 2.21. The van der Waals surface area contributed by atoms with Crippen LogP contribution in [-0.2, 0) is 0 Å². The first-order valence-electron chi connectivity index (χ1n) is 5.24. The largest absolute Gasteiger partial charge is 0.352 e. The molecule has 4 heteroatoms. The van der Waals surface area contributed by atoms with E-state index >= 15 is 0 Å². The fourth-order valence-electron chi connectivity index (χ4n) is 1.24. The van der Waals surface area contributed by atoms with E-state index in [2.05, 4.69) is 35.1 Å². The summed E-state index contributed by atoms with van der Waals surface area (Å²) < 4.78 is 0.763. The summed E-state index contributed by atoms with van der Waals surface area (Å²) in [5.41, 5.74) is 0.580. The maximum atomic E-state index is 11.8. The zero-order valence-corrected chi connectivity index (χ0v) is 11.7. The van der Waals surface area contributed by atoms with Gasteiger partial charge in [0.05, 0.1) is 5.56 Å². The van der Waals surface area contributed by atoms with Gasteiger partial charge in [-0.25, -0.2) is 0 Å². The van der Waals surface area contributed by atoms with Crippen molar-refractivity contribution < 1.29 is 4.79 Å². The lowest BCUT2D eigenvalue weighted by atomic mass is 10.1. The van der Waals surface area contributed by atoms with E-state index < -0.39 is 0 Å². The molecular formula is C12H15BrClNO. The minimum atomic E-state index is -0.0879. The van der Waals surface area contributed by atoms with Gasteiger partial charge in [-0.1, -0.05) is 25.4 Å². The zero-order valence-electron chi connectivity index (χ0n) is 9.39. The van der Waals surface area contributed by atoms with Gasteiger partial charge < -0.3 is 5.32 Å². The van der Waals surface area contributed by atoms with Crippen LogP contribution in [0.2, 0.25) is 5.02 Å². The quantitative estimate of drug-likeness (QED) is 0.898. The van der Waals surface area contributed by atoms with Gasteiger partial charge in [0.15, 0.2) is 0 Å². The van der Waals surface area contributed by atoms with Crippen LogP contribution < -0.4 is 5.32 Å². The molecule has 0 saturated heterocycles. The molecule has 16 heavy (non-hydrogen) atoms. The minimum Gasteiger partial charge on any atom is -0.352 e. The predicted octanol–water partition coefficient (Wildman–Crippen LogP) is 3.88. The molecule has 0 aliphatic rings. The van der Waals surface area contributed by atoms with Crippen LogP contribution in [0.25, 0.3) is 0 Å². The Labute approximate surface area is 110 Å². The van der Waals surface area contributed by atoms with Crippen molar-refractivity contribution in [2.45, 2.75) is 20.3 Å². The van der Waals surface area contributed by atoms with Gasteiger partial charge in [-0.3, -0.25) is 4.79 Å². The molecule has 1 amide bonds. The molecule has 0 unspecified atom stereocenters. The maximum absolute atomic E-state index is 11.8. The number of halogens is 2. The molecule has 0 aliphatic carbocycles. The number of carbonyl (C=O) groups excluding carboxylic acids is 1. The van der Waals surface area contributed by atoms with Gasteiger partial charge in [0.1, 0.15) is 0 Å². The highest BCUT2D eigenvalue weighted by Gasteiger charge is 2.09. The van der Waals surface area contributed by atoms with Crippen molar-refractivity contribution in [3.8, 4) is 0 Å². The van der Waals surface area contributed by atoms with Gasteiger partial charge in [-0.05, 0) is 46.5 Å². The van der Waals surface area contributed by atoms with E-state index in [1.807, 2.05) is 0 Å². The van der Waals surface area contributed by atoms with Gasteiger partial charge >= 0.3 is 0 Å². The summed E-state index contributed by atoms with van der Waals surface area (Å²) >= 11 is 9.18. The van der Waals surface area contributed by atoms with Crippen LogP contribution >= 0.6 is 27.5 Å². The van der Waals surface area contributed by atoms with E-state index in [1.165, 1.54) is 0 Å². The Morgan fingerprint density at radius 3 is 2.81 bits per heavy atom. The minimum absolute atomic E-state index is 0.0879. The van der Waals surface area contributed by atoms with Crippen LogP contribution in [0.1, 0.15) is 30.6 Å². The summed E-state index contributed by atoms with van der Waals surface area (Å²) in [5.74, 6) is 0.498. The van der Waals surface area contributed by atoms with Crippen LogP contribution in [0.15, 0.2) is 22.7 Å². The Bertz CT molecular complexity index is 379. The molecule has 0 aromatic heterocycles. The van der Waals surface area contributed by atoms with Gasteiger partial charge in [0.25, 0.3) is 5.91 Å². The highest BCUT2D eigenvalue weighted by atomic mass is 79.9. The number of hydrogen-bond donors (Lipinski definition) is 1. The molecule has 0 heterocycles. The molecule has 0 bridgehead atoms. The molecule has 0 spiro atoms. The number of hydrogen-bond acceptors (Lipinski definition) is 1. The molecule has 1 aromatic carbocycles. The van der Waals surface area contributed by atoms with Crippen molar-refractivity contribution in [1.29, 1.82) is 0 Å². The second-order valence-electron chi connectivity index (χ2n) is 4.06. The molecule has 0 atom stereocenters. The number of rotatable bonds is 4. The van der Waals surface area contributed by atoms with Crippen molar-refractivity contribution in [3.63, 3.8) is 0 Å². The zero-order chi connectivity index (χ0) is 12.1. The SMILES string of the molecule is CC(C)CCNC(=O)c1cc(Cl)ccc1Br. The van der Waals surface area contributed by atoms with E-state index in [1.54, 1.807) is 18.2 Å². The lowest BCUT2D eigenvalue weighted by Gasteiger charge is -2.08. The molecule has 0 saturated carbocycles. The summed E-state index contributed by atoms with van der Waals surface area (Å²) in [6.45, 7) is 4.94. The lowest BCUT2D eigenvalue weighted by Crippen LogP contribution is -2.25. The third-order valence-corrected chi connectivity index (χ3v) is 3.11. The Morgan fingerprint density at radius 2 is 2.19 bits per heavy atom. The first-order chi connectivity index (χ1) is 7.50. The molecule has 0 fully saturated rings. The number of carbonyl (C=O) groups is 1. The summed E-state index contributed by atoms with van der Waals surface area (Å²) in [6, 6.07) is 5.19. The molecule has 1 rings (SSSR count). The third-order valence-electron chi connectivity index (χ3n) is 2.18. The van der Waals surface area contributed by atoms with Crippen LogP contribution in [0.5, 0.6) is 0 Å². The van der Waals surface area contributed by atoms with Crippen molar-refractivity contribution in [2.24, 2.45) is 5.92 Å². The average molecular weight is 305 g/mol. The highest BCUT2D eigenvalue weighted by Crippen LogP contribution is 2.20. The molecule has 0 aliphatic heterocycles. The fraction of sp³-hybridized carbons (Fsp3) is 0.417. The van der Waals surface area contributed by atoms with E-state index in [0.717, 1.165) is 10.9 Å². The molecule has 1 aromatic rings. The second-order valence-corrected chi connectivity index (χ2v) is 5.35. The van der Waals surface area contributed by atoms with E-state index in [0.29, 0.717) is 23.0 Å². The van der Waals surface area contributed by atoms with Crippen LogP contribution in [0.4, 0.5) is 0 Å². The monoisotopic (exact) mass is 303 g/mol. The smallest absolute Gasteiger partial charge is 0.252 e. The standard InChI is InChI=1S/C12H15BrClNO/c1-8(2)5-6-15-12(16)10-7-9(14)3-4-11(10)13/h3-4,7-8H,5-6H2,1-2H3,(H,15,16). The summed E-state index contributed by atoms with van der Waals surface area (Å²) in [4.78, 5) is 11.8. The topological polar surface area (TPSA) is 29.1 Å². The maximum Gasteiger partial charge on any atom is 0.252 e. The van der Waals surface area contributed by atoms with Gasteiger partial charge in [0.2, 0.25) is 0 Å². The lowest BCUT2D eigenvalue weighted by molar-refractivity contribution is 0.0951. The van der Waals surface area contributed by atoms with Gasteiger partial charge in [-0.15, -0.1) is 0 Å². The Morgan fingerprint density at radius 1 is 1.50 bits per heavy atom. The van der Waals surface area contributed by atoms with Crippen molar-refractivity contribution in [3.05, 3.63) is 33.3 Å². The second kappa shape index (κ2) is 6.26. The fourth-order valence-corrected chi connectivity index (χ4v) is 1.84. The predicted molar refractivity (Wildman–Crippen MR) is 70.9 cm³/mol. The molecular weight excluding hydrogens is 289 g/mol. The van der Waals surface area contributed by atoms with E-state index in [-0.39, 0.29) is 5.91 Å².